The van der Waals surface area contributed by atoms with E-state index in [4.69, 9.17) is 9.47 Å². The molecule has 1 aliphatic rings. The van der Waals surface area contributed by atoms with Gasteiger partial charge in [-0.3, -0.25) is 0 Å². The van der Waals surface area contributed by atoms with Gasteiger partial charge in [-0.25, -0.2) is 9.59 Å². The van der Waals surface area contributed by atoms with Crippen molar-refractivity contribution in [1.82, 2.24) is 5.32 Å². The van der Waals surface area contributed by atoms with Gasteiger partial charge < -0.3 is 25.0 Å². The third-order valence-corrected chi connectivity index (χ3v) is 4.67. The van der Waals surface area contributed by atoms with E-state index in [2.05, 4.69) is 5.32 Å². The van der Waals surface area contributed by atoms with Gasteiger partial charge in [-0.15, -0.1) is 0 Å². The summed E-state index contributed by atoms with van der Waals surface area (Å²) in [6.07, 6.45) is -0.828. The van der Waals surface area contributed by atoms with Crippen LogP contribution in [0.5, 0.6) is 0 Å². The Morgan fingerprint density at radius 3 is 2.14 bits per heavy atom. The van der Waals surface area contributed by atoms with Crippen molar-refractivity contribution in [3.63, 3.8) is 0 Å². The maximum atomic E-state index is 12.2. The van der Waals surface area contributed by atoms with Crippen molar-refractivity contribution in [2.75, 3.05) is 19.8 Å². The minimum Gasteiger partial charge on any atom is -0.480 e. The predicted molar refractivity (Wildman–Crippen MR) is 107 cm³/mol. The average Bonchev–Trinajstić information content (AvgIpc) is 2.98. The zero-order valence-corrected chi connectivity index (χ0v) is 16.4. The summed E-state index contributed by atoms with van der Waals surface area (Å²) in [6.45, 7) is 2.85. The van der Waals surface area contributed by atoms with Crippen LogP contribution in [0.2, 0.25) is 0 Å². The molecule has 2 aromatic carbocycles. The van der Waals surface area contributed by atoms with E-state index in [0.717, 1.165) is 22.3 Å². The first-order valence-corrected chi connectivity index (χ1v) is 9.41. The summed E-state index contributed by atoms with van der Waals surface area (Å²) >= 11 is 0. The Morgan fingerprint density at radius 2 is 1.62 bits per heavy atom. The first kappa shape index (κ1) is 20.8. The number of benzene rings is 2. The van der Waals surface area contributed by atoms with E-state index in [1.54, 1.807) is 13.8 Å². The number of alkyl carbamates (subject to hydrolysis) is 1. The predicted octanol–water partition coefficient (Wildman–Crippen LogP) is 2.77. The first-order valence-electron chi connectivity index (χ1n) is 9.41. The van der Waals surface area contributed by atoms with Gasteiger partial charge in [0.05, 0.1) is 18.8 Å². The van der Waals surface area contributed by atoms with Crippen LogP contribution in [0.15, 0.2) is 48.5 Å². The van der Waals surface area contributed by atoms with Gasteiger partial charge in [-0.2, -0.15) is 0 Å². The van der Waals surface area contributed by atoms with Crippen molar-refractivity contribution in [1.29, 1.82) is 0 Å². The smallest absolute Gasteiger partial charge is 0.407 e. The van der Waals surface area contributed by atoms with E-state index >= 15 is 0 Å². The molecule has 0 aliphatic heterocycles. The van der Waals surface area contributed by atoms with E-state index in [-0.39, 0.29) is 25.7 Å². The molecule has 3 rings (SSSR count). The molecule has 0 bridgehead atoms. The molecule has 3 N–H and O–H groups in total. The summed E-state index contributed by atoms with van der Waals surface area (Å²) in [4.78, 5) is 23.6. The van der Waals surface area contributed by atoms with Gasteiger partial charge in [0.15, 0.2) is 6.04 Å². The van der Waals surface area contributed by atoms with Crippen LogP contribution >= 0.6 is 0 Å². The molecule has 0 saturated carbocycles. The fourth-order valence-electron chi connectivity index (χ4n) is 3.38. The van der Waals surface area contributed by atoms with Crippen LogP contribution in [0.3, 0.4) is 0 Å². The molecule has 0 unspecified atom stereocenters. The molecule has 0 heterocycles. The molecule has 7 heteroatoms. The molecule has 154 valence electrons. The van der Waals surface area contributed by atoms with E-state index in [9.17, 15) is 19.8 Å². The molecular weight excluding hydrogens is 374 g/mol. The highest BCUT2D eigenvalue weighted by molar-refractivity contribution is 5.81. The van der Waals surface area contributed by atoms with E-state index in [1.165, 1.54) is 0 Å². The van der Waals surface area contributed by atoms with Crippen molar-refractivity contribution < 1.29 is 29.3 Å². The molecule has 29 heavy (non-hydrogen) atoms. The van der Waals surface area contributed by atoms with E-state index in [0.29, 0.717) is 0 Å². The lowest BCUT2D eigenvalue weighted by atomic mass is 9.98. The maximum Gasteiger partial charge on any atom is 0.407 e. The number of aliphatic hydroxyl groups is 1. The molecule has 0 aromatic heterocycles. The standard InChI is InChI=1S/C22H25NO6/c1-22(2,27)13-28-12-19(20(24)25)23-21(26)29-11-18-16-9-5-3-7-14(16)15-8-4-6-10-17(15)18/h3-10,18-19,27H,11-13H2,1-2H3,(H,23,26)(H,24,25)/t19-/m0/s1. The summed E-state index contributed by atoms with van der Waals surface area (Å²) in [6, 6.07) is 14.6. The Labute approximate surface area is 169 Å². The summed E-state index contributed by atoms with van der Waals surface area (Å²) in [5.41, 5.74) is 3.28. The summed E-state index contributed by atoms with van der Waals surface area (Å²) in [7, 11) is 0. The highest BCUT2D eigenvalue weighted by atomic mass is 16.6. The van der Waals surface area contributed by atoms with Gasteiger partial charge in [-0.1, -0.05) is 48.5 Å². The Kier molecular flexibility index (Phi) is 6.20. The number of carboxylic acids is 1. The van der Waals surface area contributed by atoms with Crippen molar-refractivity contribution in [2.24, 2.45) is 0 Å². The lowest BCUT2D eigenvalue weighted by Gasteiger charge is -2.20. The summed E-state index contributed by atoms with van der Waals surface area (Å²) < 4.78 is 10.5. The van der Waals surface area contributed by atoms with Crippen molar-refractivity contribution >= 4 is 12.1 Å². The number of carbonyl (C=O) groups excluding carboxylic acids is 1. The van der Waals surface area contributed by atoms with Gasteiger partial charge in [0.25, 0.3) is 0 Å². The lowest BCUT2D eigenvalue weighted by Crippen LogP contribution is -2.45. The van der Waals surface area contributed by atoms with Crippen LogP contribution in [0.1, 0.15) is 30.9 Å². The number of hydrogen-bond donors (Lipinski definition) is 3. The van der Waals surface area contributed by atoms with Crippen molar-refractivity contribution in [2.45, 2.75) is 31.4 Å². The van der Waals surface area contributed by atoms with Gasteiger partial charge >= 0.3 is 12.1 Å². The molecular formula is C22H25NO6. The lowest BCUT2D eigenvalue weighted by molar-refractivity contribution is -0.141. The second kappa shape index (κ2) is 8.63. The fraction of sp³-hybridized carbons (Fsp3) is 0.364. The number of ether oxygens (including phenoxy) is 2. The number of aliphatic carboxylic acids is 1. The van der Waals surface area contributed by atoms with Gasteiger partial charge in [0.2, 0.25) is 0 Å². The Balaban J connectivity index is 1.61. The minimum absolute atomic E-state index is 0.0524. The quantitative estimate of drug-likeness (QED) is 0.630. The van der Waals surface area contributed by atoms with Gasteiger partial charge in [0, 0.05) is 5.92 Å². The normalized spacial score (nSPS) is 14.0. The topological polar surface area (TPSA) is 105 Å². The van der Waals surface area contributed by atoms with Crippen LogP contribution in [-0.2, 0) is 14.3 Å². The number of rotatable bonds is 8. The molecule has 1 atom stereocenters. The van der Waals surface area contributed by atoms with Crippen LogP contribution in [0.4, 0.5) is 4.79 Å². The maximum absolute atomic E-state index is 12.2. The van der Waals surface area contributed by atoms with Crippen molar-refractivity contribution in [3.05, 3.63) is 59.7 Å². The molecule has 1 amide bonds. The molecule has 0 fully saturated rings. The molecule has 7 nitrogen and oxygen atoms in total. The largest absolute Gasteiger partial charge is 0.480 e. The second-order valence-electron chi connectivity index (χ2n) is 7.69. The number of hydrogen-bond acceptors (Lipinski definition) is 5. The van der Waals surface area contributed by atoms with Crippen LogP contribution in [-0.4, -0.2) is 53.7 Å². The number of fused-ring (bicyclic) bond motifs is 3. The van der Waals surface area contributed by atoms with Gasteiger partial charge in [-0.05, 0) is 36.1 Å². The highest BCUT2D eigenvalue weighted by Crippen LogP contribution is 2.44. The number of carboxylic acid groups (broad SMARTS) is 1. The second-order valence-corrected chi connectivity index (χ2v) is 7.69. The number of nitrogens with one attached hydrogen (secondary N) is 1. The highest BCUT2D eigenvalue weighted by Gasteiger charge is 2.30. The summed E-state index contributed by atoms with van der Waals surface area (Å²) in [5.74, 6) is -1.35. The fourth-order valence-corrected chi connectivity index (χ4v) is 3.38. The van der Waals surface area contributed by atoms with Crippen molar-refractivity contribution in [3.8, 4) is 11.1 Å². The first-order chi connectivity index (χ1) is 13.8. The Hall–Kier alpha value is -2.90. The molecule has 0 spiro atoms. The third kappa shape index (κ3) is 5.13. The Morgan fingerprint density at radius 1 is 1.07 bits per heavy atom. The SMILES string of the molecule is CC(C)(O)COC[C@H](NC(=O)OCC1c2ccccc2-c2ccccc21)C(=O)O. The Bertz CT molecular complexity index is 843. The molecule has 0 radical (unpaired) electrons. The van der Waals surface area contributed by atoms with Crippen LogP contribution in [0, 0.1) is 0 Å². The van der Waals surface area contributed by atoms with Crippen LogP contribution in [0.25, 0.3) is 11.1 Å². The molecule has 0 saturated heterocycles. The number of carbonyl (C=O) groups is 2. The number of amides is 1. The third-order valence-electron chi connectivity index (χ3n) is 4.67. The van der Waals surface area contributed by atoms with E-state index in [1.807, 2.05) is 48.5 Å². The molecule has 1 aliphatic carbocycles. The van der Waals surface area contributed by atoms with E-state index < -0.39 is 23.7 Å². The molecule has 2 aromatic rings. The zero-order chi connectivity index (χ0) is 21.0. The minimum atomic E-state index is -1.27. The average molecular weight is 399 g/mol. The summed E-state index contributed by atoms with van der Waals surface area (Å²) in [5, 5.41) is 21.2. The van der Waals surface area contributed by atoms with Crippen LogP contribution < -0.4 is 5.32 Å². The monoisotopic (exact) mass is 399 g/mol. The van der Waals surface area contributed by atoms with Gasteiger partial charge in [0.1, 0.15) is 6.61 Å². The zero-order valence-electron chi connectivity index (χ0n) is 16.4.